The van der Waals surface area contributed by atoms with E-state index in [1.807, 2.05) is 0 Å². The SMILES string of the molecule is C=C(Br)CN1C(C)CCC1C. The van der Waals surface area contributed by atoms with E-state index in [1.165, 1.54) is 12.8 Å². The van der Waals surface area contributed by atoms with Gasteiger partial charge in [-0.1, -0.05) is 22.5 Å². The van der Waals surface area contributed by atoms with Gasteiger partial charge >= 0.3 is 0 Å². The van der Waals surface area contributed by atoms with Gasteiger partial charge in [-0.05, 0) is 26.7 Å². The topological polar surface area (TPSA) is 3.24 Å². The zero-order valence-electron chi connectivity index (χ0n) is 7.31. The highest BCUT2D eigenvalue weighted by atomic mass is 79.9. The van der Waals surface area contributed by atoms with Crippen LogP contribution in [0.15, 0.2) is 11.1 Å². The van der Waals surface area contributed by atoms with E-state index in [4.69, 9.17) is 0 Å². The molecule has 2 heteroatoms. The van der Waals surface area contributed by atoms with Crippen molar-refractivity contribution in [2.45, 2.75) is 38.8 Å². The van der Waals surface area contributed by atoms with Gasteiger partial charge in [-0.3, -0.25) is 4.90 Å². The number of likely N-dealkylation sites (tertiary alicyclic amines) is 1. The van der Waals surface area contributed by atoms with Gasteiger partial charge in [-0.25, -0.2) is 0 Å². The predicted molar refractivity (Wildman–Crippen MR) is 52.9 cm³/mol. The Hall–Kier alpha value is 0.180. The molecule has 0 aromatic rings. The van der Waals surface area contributed by atoms with E-state index in [9.17, 15) is 0 Å². The van der Waals surface area contributed by atoms with Crippen LogP contribution < -0.4 is 0 Å². The van der Waals surface area contributed by atoms with Crippen LogP contribution in [-0.2, 0) is 0 Å². The molecule has 0 amide bonds. The van der Waals surface area contributed by atoms with E-state index in [-0.39, 0.29) is 0 Å². The number of nitrogens with zero attached hydrogens (tertiary/aromatic N) is 1. The molecule has 2 atom stereocenters. The van der Waals surface area contributed by atoms with Gasteiger partial charge in [0.15, 0.2) is 0 Å². The molecule has 0 radical (unpaired) electrons. The summed E-state index contributed by atoms with van der Waals surface area (Å²) in [5.74, 6) is 0. The fraction of sp³-hybridized carbons (Fsp3) is 0.778. The van der Waals surface area contributed by atoms with Crippen LogP contribution in [0.2, 0.25) is 0 Å². The van der Waals surface area contributed by atoms with E-state index in [0.717, 1.165) is 23.1 Å². The molecule has 0 aromatic heterocycles. The minimum Gasteiger partial charge on any atom is -0.293 e. The second-order valence-electron chi connectivity index (χ2n) is 3.46. The molecule has 1 fully saturated rings. The minimum atomic E-state index is 0.735. The molecule has 0 saturated carbocycles. The highest BCUT2D eigenvalue weighted by molar-refractivity contribution is 9.11. The largest absolute Gasteiger partial charge is 0.293 e. The molecular weight excluding hydrogens is 202 g/mol. The summed E-state index contributed by atoms with van der Waals surface area (Å²) in [6.45, 7) is 9.45. The van der Waals surface area contributed by atoms with Crippen molar-refractivity contribution < 1.29 is 0 Å². The molecule has 1 nitrogen and oxygen atoms in total. The van der Waals surface area contributed by atoms with Gasteiger partial charge in [-0.2, -0.15) is 0 Å². The maximum atomic E-state index is 3.86. The first-order chi connectivity index (χ1) is 5.11. The first-order valence-corrected chi connectivity index (χ1v) is 4.99. The van der Waals surface area contributed by atoms with Crippen molar-refractivity contribution in [1.82, 2.24) is 4.90 Å². The van der Waals surface area contributed by atoms with Crippen LogP contribution in [0.4, 0.5) is 0 Å². The van der Waals surface area contributed by atoms with Crippen LogP contribution in [-0.4, -0.2) is 23.5 Å². The summed E-state index contributed by atoms with van der Waals surface area (Å²) in [6, 6.07) is 1.47. The third-order valence-corrected chi connectivity index (χ3v) is 2.74. The van der Waals surface area contributed by atoms with Crippen molar-refractivity contribution in [3.05, 3.63) is 11.1 Å². The lowest BCUT2D eigenvalue weighted by Gasteiger charge is -2.25. The molecule has 1 aliphatic heterocycles. The highest BCUT2D eigenvalue weighted by Crippen LogP contribution is 2.24. The van der Waals surface area contributed by atoms with Gasteiger partial charge in [0.25, 0.3) is 0 Å². The average molecular weight is 218 g/mol. The Morgan fingerprint density at radius 3 is 2.27 bits per heavy atom. The van der Waals surface area contributed by atoms with Crippen molar-refractivity contribution in [3.8, 4) is 0 Å². The van der Waals surface area contributed by atoms with E-state index in [1.54, 1.807) is 0 Å². The van der Waals surface area contributed by atoms with Gasteiger partial charge in [0, 0.05) is 23.1 Å². The molecule has 1 rings (SSSR count). The lowest BCUT2D eigenvalue weighted by Crippen LogP contribution is -2.33. The Labute approximate surface area is 77.6 Å². The quantitative estimate of drug-likeness (QED) is 0.688. The zero-order valence-corrected chi connectivity index (χ0v) is 8.89. The lowest BCUT2D eigenvalue weighted by atomic mass is 10.2. The van der Waals surface area contributed by atoms with Gasteiger partial charge in [0.1, 0.15) is 0 Å². The third kappa shape index (κ3) is 2.31. The summed E-state index contributed by atoms with van der Waals surface area (Å²) < 4.78 is 1.10. The molecule has 1 heterocycles. The Balaban J connectivity index is 2.47. The van der Waals surface area contributed by atoms with Crippen molar-refractivity contribution in [2.75, 3.05) is 6.54 Å². The van der Waals surface area contributed by atoms with Crippen molar-refractivity contribution in [2.24, 2.45) is 0 Å². The van der Waals surface area contributed by atoms with E-state index < -0.39 is 0 Å². The molecule has 0 spiro atoms. The number of hydrogen-bond donors (Lipinski definition) is 0. The molecule has 0 aliphatic carbocycles. The van der Waals surface area contributed by atoms with Crippen LogP contribution in [0.25, 0.3) is 0 Å². The van der Waals surface area contributed by atoms with Gasteiger partial charge < -0.3 is 0 Å². The summed E-state index contributed by atoms with van der Waals surface area (Å²) >= 11 is 3.40. The van der Waals surface area contributed by atoms with E-state index >= 15 is 0 Å². The summed E-state index contributed by atoms with van der Waals surface area (Å²) in [5.41, 5.74) is 0. The lowest BCUT2D eigenvalue weighted by molar-refractivity contribution is 0.238. The highest BCUT2D eigenvalue weighted by Gasteiger charge is 2.26. The maximum Gasteiger partial charge on any atom is 0.0299 e. The Morgan fingerprint density at radius 1 is 1.45 bits per heavy atom. The first kappa shape index (κ1) is 9.27. The summed E-state index contributed by atoms with van der Waals surface area (Å²) in [5, 5.41) is 0. The smallest absolute Gasteiger partial charge is 0.0299 e. The molecule has 1 aliphatic rings. The number of hydrogen-bond acceptors (Lipinski definition) is 1. The summed E-state index contributed by atoms with van der Waals surface area (Å²) in [7, 11) is 0. The Kier molecular flexibility index (Phi) is 3.14. The van der Waals surface area contributed by atoms with Gasteiger partial charge in [0.2, 0.25) is 0 Å². The maximum absolute atomic E-state index is 3.86. The van der Waals surface area contributed by atoms with Crippen LogP contribution in [0.1, 0.15) is 26.7 Å². The fourth-order valence-electron chi connectivity index (χ4n) is 1.76. The molecule has 11 heavy (non-hydrogen) atoms. The summed E-state index contributed by atoms with van der Waals surface area (Å²) in [4.78, 5) is 2.50. The van der Waals surface area contributed by atoms with E-state index in [0.29, 0.717) is 0 Å². The van der Waals surface area contributed by atoms with Crippen LogP contribution >= 0.6 is 15.9 Å². The van der Waals surface area contributed by atoms with E-state index in [2.05, 4.69) is 41.3 Å². The Bertz CT molecular complexity index is 146. The first-order valence-electron chi connectivity index (χ1n) is 4.20. The predicted octanol–water partition coefficient (Wildman–Crippen LogP) is 2.77. The monoisotopic (exact) mass is 217 g/mol. The number of halogens is 1. The second-order valence-corrected chi connectivity index (χ2v) is 4.59. The third-order valence-electron chi connectivity index (χ3n) is 2.49. The summed E-state index contributed by atoms with van der Waals surface area (Å²) in [6.07, 6.45) is 2.67. The molecular formula is C9H16BrN. The Morgan fingerprint density at radius 2 is 1.91 bits per heavy atom. The van der Waals surface area contributed by atoms with Gasteiger partial charge in [0.05, 0.1) is 0 Å². The van der Waals surface area contributed by atoms with Gasteiger partial charge in [-0.15, -0.1) is 0 Å². The van der Waals surface area contributed by atoms with Crippen LogP contribution in [0.3, 0.4) is 0 Å². The van der Waals surface area contributed by atoms with Crippen molar-refractivity contribution in [1.29, 1.82) is 0 Å². The molecule has 64 valence electrons. The standard InChI is InChI=1S/C9H16BrN/c1-7(10)6-11-8(2)4-5-9(11)3/h8-9H,1,4-6H2,2-3H3. The van der Waals surface area contributed by atoms with Crippen molar-refractivity contribution in [3.63, 3.8) is 0 Å². The molecule has 1 saturated heterocycles. The number of rotatable bonds is 2. The molecule has 0 N–H and O–H groups in total. The van der Waals surface area contributed by atoms with Crippen LogP contribution in [0.5, 0.6) is 0 Å². The average Bonchev–Trinajstić information content (AvgIpc) is 2.18. The molecule has 0 aromatic carbocycles. The minimum absolute atomic E-state index is 0.735. The normalized spacial score (nSPS) is 32.6. The zero-order chi connectivity index (χ0) is 8.43. The molecule has 0 bridgehead atoms. The van der Waals surface area contributed by atoms with Crippen molar-refractivity contribution >= 4 is 15.9 Å². The second kappa shape index (κ2) is 3.72. The molecule has 2 unspecified atom stereocenters. The van der Waals surface area contributed by atoms with Crippen LogP contribution in [0, 0.1) is 0 Å². The fourth-order valence-corrected chi connectivity index (χ4v) is 2.05.